The summed E-state index contributed by atoms with van der Waals surface area (Å²) in [5, 5.41) is 3.33. The van der Waals surface area contributed by atoms with E-state index in [1.807, 2.05) is 11.8 Å². The molecule has 1 aromatic carbocycles. The maximum atomic E-state index is 5.74. The molecule has 1 N–H and O–H groups in total. The lowest BCUT2D eigenvalue weighted by atomic mass is 9.96. The molecular weight excluding hydrogens is 375 g/mol. The number of halogens is 2. The van der Waals surface area contributed by atoms with E-state index in [0.29, 0.717) is 5.95 Å². The first kappa shape index (κ1) is 18.7. The van der Waals surface area contributed by atoms with Crippen LogP contribution in [0.25, 0.3) is 0 Å². The summed E-state index contributed by atoms with van der Waals surface area (Å²) in [5.74, 6) is 3.30. The topological polar surface area (TPSA) is 50.7 Å². The summed E-state index contributed by atoms with van der Waals surface area (Å²) in [4.78, 5) is 11.7. The Labute approximate surface area is 163 Å². The number of aromatic nitrogens is 3. The zero-order valence-corrected chi connectivity index (χ0v) is 16.4. The molecule has 0 spiro atoms. The molecule has 0 radical (unpaired) electrons. The Balaban J connectivity index is 1.33. The van der Waals surface area contributed by atoms with E-state index in [0.717, 1.165) is 30.4 Å². The number of hydrogen-bond acceptors (Lipinski definition) is 5. The summed E-state index contributed by atoms with van der Waals surface area (Å²) < 4.78 is 0. The van der Waals surface area contributed by atoms with Crippen molar-refractivity contribution in [3.8, 4) is 0 Å². The monoisotopic (exact) mass is 396 g/mol. The van der Waals surface area contributed by atoms with Crippen molar-refractivity contribution < 1.29 is 0 Å². The average molecular weight is 397 g/mol. The summed E-state index contributed by atoms with van der Waals surface area (Å²) in [7, 11) is 0. The van der Waals surface area contributed by atoms with Crippen LogP contribution < -0.4 is 5.32 Å². The first-order chi connectivity index (χ1) is 12.2. The van der Waals surface area contributed by atoms with E-state index in [9.17, 15) is 0 Å². The number of rotatable bonds is 8. The lowest BCUT2D eigenvalue weighted by Gasteiger charge is -2.10. The van der Waals surface area contributed by atoms with Gasteiger partial charge in [0, 0.05) is 12.3 Å². The number of hydrogen-bond donors (Lipinski definition) is 1. The number of aryl methyl sites for hydroxylation is 1. The second-order valence-corrected chi connectivity index (χ2v) is 8.11. The van der Waals surface area contributed by atoms with Crippen molar-refractivity contribution in [2.45, 2.75) is 38.0 Å². The first-order valence-electron chi connectivity index (χ1n) is 8.68. The normalized spacial score (nSPS) is 14.8. The molecule has 2 aromatic rings. The third kappa shape index (κ3) is 6.01. The Hall–Kier alpha value is -1.04. The van der Waals surface area contributed by atoms with Gasteiger partial charge >= 0.3 is 0 Å². The minimum absolute atomic E-state index is 0.108. The van der Waals surface area contributed by atoms with Crippen LogP contribution >= 0.6 is 35.0 Å². The number of nitrogens with one attached hydrogen (secondary N) is 1. The highest BCUT2D eigenvalue weighted by Crippen LogP contribution is 2.34. The van der Waals surface area contributed by atoms with Gasteiger partial charge in [-0.1, -0.05) is 37.1 Å². The van der Waals surface area contributed by atoms with Crippen LogP contribution in [0.4, 0.5) is 5.95 Å². The SMILES string of the molecule is Clc1nc(Cl)nc(NCCSCCc2ccc(C3CCCC3)cc2)n1. The van der Waals surface area contributed by atoms with Crippen molar-refractivity contribution in [3.05, 3.63) is 46.0 Å². The molecule has 0 saturated heterocycles. The van der Waals surface area contributed by atoms with E-state index in [1.54, 1.807) is 0 Å². The highest BCUT2D eigenvalue weighted by Gasteiger charge is 2.16. The summed E-state index contributed by atoms with van der Waals surface area (Å²) in [6.07, 6.45) is 6.60. The standard InChI is InChI=1S/C18H22Cl2N4S/c19-16-22-17(20)24-18(23-16)21-10-12-25-11-9-13-5-7-15(8-6-13)14-3-1-2-4-14/h5-8,14H,1-4,9-12H2,(H,21,22,23,24). The minimum atomic E-state index is 0.108. The van der Waals surface area contributed by atoms with Gasteiger partial charge in [0.05, 0.1) is 0 Å². The third-order valence-corrected chi connectivity index (χ3v) is 5.78. The van der Waals surface area contributed by atoms with Crippen LogP contribution in [0.1, 0.15) is 42.7 Å². The Morgan fingerprint density at radius 1 is 0.960 bits per heavy atom. The molecule has 0 unspecified atom stereocenters. The summed E-state index contributed by atoms with van der Waals surface area (Å²) in [6.45, 7) is 0.766. The van der Waals surface area contributed by atoms with Gasteiger partial charge in [0.25, 0.3) is 0 Å². The Morgan fingerprint density at radius 2 is 1.64 bits per heavy atom. The van der Waals surface area contributed by atoms with Crippen LogP contribution in [0.15, 0.2) is 24.3 Å². The van der Waals surface area contributed by atoms with Crippen LogP contribution in [-0.2, 0) is 6.42 Å². The zero-order chi connectivity index (χ0) is 17.5. The van der Waals surface area contributed by atoms with Crippen LogP contribution in [0.2, 0.25) is 10.6 Å². The molecule has 1 aliphatic carbocycles. The van der Waals surface area contributed by atoms with Gasteiger partial charge in [0.1, 0.15) is 0 Å². The maximum Gasteiger partial charge on any atom is 0.228 e. The maximum absolute atomic E-state index is 5.74. The largest absolute Gasteiger partial charge is 0.353 e. The highest BCUT2D eigenvalue weighted by molar-refractivity contribution is 7.99. The average Bonchev–Trinajstić information content (AvgIpc) is 3.12. The first-order valence-corrected chi connectivity index (χ1v) is 10.6. The Kier molecular flexibility index (Phi) is 7.20. The number of benzene rings is 1. The van der Waals surface area contributed by atoms with Crippen molar-refractivity contribution in [2.24, 2.45) is 0 Å². The fourth-order valence-electron chi connectivity index (χ4n) is 3.15. The lowest BCUT2D eigenvalue weighted by Crippen LogP contribution is -2.09. The second-order valence-electron chi connectivity index (χ2n) is 6.21. The number of nitrogens with zero attached hydrogens (tertiary/aromatic N) is 3. The van der Waals surface area contributed by atoms with Gasteiger partial charge in [-0.2, -0.15) is 26.7 Å². The van der Waals surface area contributed by atoms with Gasteiger partial charge in [-0.15, -0.1) is 0 Å². The molecule has 1 saturated carbocycles. The highest BCUT2D eigenvalue weighted by atomic mass is 35.5. The van der Waals surface area contributed by atoms with E-state index in [1.165, 1.54) is 36.8 Å². The molecule has 0 aliphatic heterocycles. The molecule has 1 heterocycles. The summed E-state index contributed by atoms with van der Waals surface area (Å²) in [6, 6.07) is 9.24. The van der Waals surface area contributed by atoms with Crippen molar-refractivity contribution in [1.82, 2.24) is 15.0 Å². The van der Waals surface area contributed by atoms with Crippen molar-refractivity contribution in [1.29, 1.82) is 0 Å². The number of anilines is 1. The molecule has 25 heavy (non-hydrogen) atoms. The van der Waals surface area contributed by atoms with E-state index in [4.69, 9.17) is 23.2 Å². The third-order valence-electron chi connectivity index (χ3n) is 4.45. The summed E-state index contributed by atoms with van der Waals surface area (Å²) in [5.41, 5.74) is 2.94. The van der Waals surface area contributed by atoms with Gasteiger partial charge < -0.3 is 5.32 Å². The van der Waals surface area contributed by atoms with Gasteiger partial charge in [-0.3, -0.25) is 0 Å². The zero-order valence-electron chi connectivity index (χ0n) is 14.0. The Morgan fingerprint density at radius 3 is 2.32 bits per heavy atom. The molecule has 1 aliphatic rings. The quantitative estimate of drug-likeness (QED) is 0.619. The van der Waals surface area contributed by atoms with Crippen molar-refractivity contribution >= 4 is 40.9 Å². The molecule has 3 rings (SSSR count). The summed E-state index contributed by atoms with van der Waals surface area (Å²) >= 11 is 13.4. The molecule has 0 atom stereocenters. The second kappa shape index (κ2) is 9.60. The van der Waals surface area contributed by atoms with Crippen LogP contribution in [0, 0.1) is 0 Å². The minimum Gasteiger partial charge on any atom is -0.353 e. The van der Waals surface area contributed by atoms with Gasteiger partial charge in [0.2, 0.25) is 16.5 Å². The van der Waals surface area contributed by atoms with Crippen molar-refractivity contribution in [3.63, 3.8) is 0 Å². The van der Waals surface area contributed by atoms with E-state index < -0.39 is 0 Å². The number of thioether (sulfide) groups is 1. The predicted molar refractivity (Wildman–Crippen MR) is 107 cm³/mol. The van der Waals surface area contributed by atoms with Crippen LogP contribution in [0.5, 0.6) is 0 Å². The van der Waals surface area contributed by atoms with Gasteiger partial charge in [-0.25, -0.2) is 0 Å². The molecular formula is C18H22Cl2N4S. The van der Waals surface area contributed by atoms with Crippen molar-refractivity contribution in [2.75, 3.05) is 23.4 Å². The molecule has 1 aromatic heterocycles. The molecule has 7 heteroatoms. The molecule has 4 nitrogen and oxygen atoms in total. The Bertz CT molecular complexity index is 655. The molecule has 0 bridgehead atoms. The predicted octanol–water partition coefficient (Wildman–Crippen LogP) is 5.22. The van der Waals surface area contributed by atoms with E-state index >= 15 is 0 Å². The van der Waals surface area contributed by atoms with Gasteiger partial charge in [0.15, 0.2) is 0 Å². The van der Waals surface area contributed by atoms with Gasteiger partial charge in [-0.05, 0) is 65.3 Å². The smallest absolute Gasteiger partial charge is 0.228 e. The molecule has 134 valence electrons. The van der Waals surface area contributed by atoms with E-state index in [2.05, 4.69) is 44.5 Å². The molecule has 1 fully saturated rings. The fraction of sp³-hybridized carbons (Fsp3) is 0.500. The fourth-order valence-corrected chi connectivity index (χ4v) is 4.34. The molecule has 0 amide bonds. The van der Waals surface area contributed by atoms with Crippen LogP contribution in [0.3, 0.4) is 0 Å². The van der Waals surface area contributed by atoms with E-state index in [-0.39, 0.29) is 10.6 Å². The van der Waals surface area contributed by atoms with Crippen LogP contribution in [-0.4, -0.2) is 33.0 Å². The lowest BCUT2D eigenvalue weighted by molar-refractivity contribution is 0.723.